The maximum absolute atomic E-state index is 3.44. The number of hydrogen-bond donors (Lipinski definition) is 1. The highest BCUT2D eigenvalue weighted by Gasteiger charge is 2.12. The van der Waals surface area contributed by atoms with Crippen LogP contribution in [-0.4, -0.2) is 32.1 Å². The first-order valence-electron chi connectivity index (χ1n) is 7.00. The maximum Gasteiger partial charge on any atom is 0.0446 e. The summed E-state index contributed by atoms with van der Waals surface area (Å²) in [6.45, 7) is 8.83. The van der Waals surface area contributed by atoms with Gasteiger partial charge in [-0.25, -0.2) is 0 Å². The van der Waals surface area contributed by atoms with Crippen molar-refractivity contribution < 1.29 is 0 Å². The Morgan fingerprint density at radius 1 is 1.17 bits per heavy atom. The van der Waals surface area contributed by atoms with Crippen LogP contribution in [0.5, 0.6) is 0 Å². The quantitative estimate of drug-likeness (QED) is 0.796. The van der Waals surface area contributed by atoms with Gasteiger partial charge in [0.15, 0.2) is 0 Å². The molecule has 0 aliphatic carbocycles. The van der Waals surface area contributed by atoms with Crippen LogP contribution in [0.3, 0.4) is 0 Å². The smallest absolute Gasteiger partial charge is 0.0446 e. The Labute approximate surface area is 112 Å². The largest absolute Gasteiger partial charge is 0.312 e. The first-order valence-corrected chi connectivity index (χ1v) is 7.00. The van der Waals surface area contributed by atoms with Crippen LogP contribution in [0, 0.1) is 13.8 Å². The molecule has 102 valence electrons. The number of nitrogens with one attached hydrogen (secondary N) is 1. The van der Waals surface area contributed by atoms with Crippen molar-refractivity contribution in [2.45, 2.75) is 39.7 Å². The zero-order chi connectivity index (χ0) is 13.5. The Morgan fingerprint density at radius 2 is 1.78 bits per heavy atom. The summed E-state index contributed by atoms with van der Waals surface area (Å²) in [5, 5.41) is 3.44. The summed E-state index contributed by atoms with van der Waals surface area (Å²) in [4.78, 5) is 2.42. The zero-order valence-corrected chi connectivity index (χ0v) is 12.6. The number of benzene rings is 1. The van der Waals surface area contributed by atoms with E-state index in [-0.39, 0.29) is 0 Å². The predicted octanol–water partition coefficient (Wildman–Crippen LogP) is 3.30. The Kier molecular flexibility index (Phi) is 6.37. The SMILES string of the molecule is CCCCN(C)CC(NC)c1cc(C)cc(C)c1. The van der Waals surface area contributed by atoms with Gasteiger partial charge in [-0.3, -0.25) is 0 Å². The Balaban J connectivity index is 2.70. The third kappa shape index (κ3) is 4.79. The van der Waals surface area contributed by atoms with Crippen molar-refractivity contribution in [3.05, 3.63) is 34.9 Å². The van der Waals surface area contributed by atoms with E-state index in [1.54, 1.807) is 0 Å². The second-order valence-electron chi connectivity index (χ2n) is 5.38. The van der Waals surface area contributed by atoms with E-state index in [0.29, 0.717) is 6.04 Å². The maximum atomic E-state index is 3.44. The van der Waals surface area contributed by atoms with Crippen LogP contribution in [0.25, 0.3) is 0 Å². The number of unbranched alkanes of at least 4 members (excludes halogenated alkanes) is 1. The Bertz CT molecular complexity index is 340. The van der Waals surface area contributed by atoms with Crippen molar-refractivity contribution in [2.75, 3.05) is 27.2 Å². The van der Waals surface area contributed by atoms with Gasteiger partial charge in [-0.15, -0.1) is 0 Å². The van der Waals surface area contributed by atoms with Crippen LogP contribution in [0.4, 0.5) is 0 Å². The molecule has 0 aromatic heterocycles. The van der Waals surface area contributed by atoms with E-state index in [1.807, 2.05) is 0 Å². The molecule has 0 saturated heterocycles. The minimum atomic E-state index is 0.422. The lowest BCUT2D eigenvalue weighted by Gasteiger charge is -2.24. The van der Waals surface area contributed by atoms with E-state index in [0.717, 1.165) is 6.54 Å². The fourth-order valence-electron chi connectivity index (χ4n) is 2.41. The molecule has 1 N–H and O–H groups in total. The zero-order valence-electron chi connectivity index (χ0n) is 12.6. The van der Waals surface area contributed by atoms with E-state index < -0.39 is 0 Å². The monoisotopic (exact) mass is 248 g/mol. The number of rotatable bonds is 7. The molecule has 0 heterocycles. The second-order valence-corrected chi connectivity index (χ2v) is 5.38. The van der Waals surface area contributed by atoms with Crippen LogP contribution in [0.1, 0.15) is 42.5 Å². The van der Waals surface area contributed by atoms with E-state index in [1.165, 1.54) is 36.1 Å². The van der Waals surface area contributed by atoms with Gasteiger partial charge in [0.1, 0.15) is 0 Å². The molecule has 2 heteroatoms. The van der Waals surface area contributed by atoms with Crippen molar-refractivity contribution in [3.63, 3.8) is 0 Å². The number of hydrogen-bond acceptors (Lipinski definition) is 2. The van der Waals surface area contributed by atoms with E-state index in [9.17, 15) is 0 Å². The first kappa shape index (κ1) is 15.2. The van der Waals surface area contributed by atoms with Crippen molar-refractivity contribution in [2.24, 2.45) is 0 Å². The molecule has 0 fully saturated rings. The molecule has 0 saturated carbocycles. The summed E-state index contributed by atoms with van der Waals surface area (Å²) in [6.07, 6.45) is 2.54. The average Bonchev–Trinajstić information content (AvgIpc) is 2.32. The molecule has 1 aromatic rings. The third-order valence-electron chi connectivity index (χ3n) is 3.38. The highest BCUT2D eigenvalue weighted by molar-refractivity contribution is 5.30. The summed E-state index contributed by atoms with van der Waals surface area (Å²) >= 11 is 0. The average molecular weight is 248 g/mol. The molecule has 1 atom stereocenters. The molecule has 2 nitrogen and oxygen atoms in total. The standard InChI is InChI=1S/C16H28N2/c1-6-7-8-18(5)12-16(17-4)15-10-13(2)9-14(3)11-15/h9-11,16-17H,6-8,12H2,1-5H3. The molecule has 0 radical (unpaired) electrons. The van der Waals surface area contributed by atoms with Gasteiger partial charge in [-0.1, -0.05) is 42.7 Å². The van der Waals surface area contributed by atoms with Gasteiger partial charge in [0.05, 0.1) is 0 Å². The summed E-state index contributed by atoms with van der Waals surface area (Å²) in [6, 6.07) is 7.24. The molecular formula is C16H28N2. The third-order valence-corrected chi connectivity index (χ3v) is 3.38. The van der Waals surface area contributed by atoms with Crippen molar-refractivity contribution in [3.8, 4) is 0 Å². The van der Waals surface area contributed by atoms with E-state index >= 15 is 0 Å². The van der Waals surface area contributed by atoms with Crippen molar-refractivity contribution in [1.29, 1.82) is 0 Å². The van der Waals surface area contributed by atoms with Gasteiger partial charge in [0.25, 0.3) is 0 Å². The van der Waals surface area contributed by atoms with Gasteiger partial charge in [-0.05, 0) is 46.5 Å². The molecule has 1 unspecified atom stereocenters. The normalized spacial score (nSPS) is 13.0. The van der Waals surface area contributed by atoms with Gasteiger partial charge < -0.3 is 10.2 Å². The molecule has 0 aliphatic heterocycles. The van der Waals surface area contributed by atoms with E-state index in [4.69, 9.17) is 0 Å². The minimum Gasteiger partial charge on any atom is -0.312 e. The number of aryl methyl sites for hydroxylation is 2. The fourth-order valence-corrected chi connectivity index (χ4v) is 2.41. The summed E-state index contributed by atoms with van der Waals surface area (Å²) in [5.74, 6) is 0. The van der Waals surface area contributed by atoms with Crippen molar-refractivity contribution >= 4 is 0 Å². The van der Waals surface area contributed by atoms with Gasteiger partial charge in [0.2, 0.25) is 0 Å². The molecule has 0 bridgehead atoms. The van der Waals surface area contributed by atoms with Crippen LogP contribution in [0.15, 0.2) is 18.2 Å². The van der Waals surface area contributed by atoms with Crippen LogP contribution < -0.4 is 5.32 Å². The summed E-state index contributed by atoms with van der Waals surface area (Å²) in [7, 11) is 4.26. The lowest BCUT2D eigenvalue weighted by atomic mass is 10.0. The van der Waals surface area contributed by atoms with Crippen LogP contribution >= 0.6 is 0 Å². The van der Waals surface area contributed by atoms with E-state index in [2.05, 4.69) is 63.3 Å². The minimum absolute atomic E-state index is 0.422. The second kappa shape index (κ2) is 7.55. The summed E-state index contributed by atoms with van der Waals surface area (Å²) in [5.41, 5.74) is 4.10. The lowest BCUT2D eigenvalue weighted by Crippen LogP contribution is -2.32. The molecule has 18 heavy (non-hydrogen) atoms. The van der Waals surface area contributed by atoms with Gasteiger partial charge in [0, 0.05) is 12.6 Å². The molecule has 1 rings (SSSR count). The molecule has 0 spiro atoms. The Hall–Kier alpha value is -0.860. The number of likely N-dealkylation sites (N-methyl/N-ethyl adjacent to an activating group) is 2. The first-order chi connectivity index (χ1) is 8.56. The van der Waals surface area contributed by atoms with Gasteiger partial charge >= 0.3 is 0 Å². The van der Waals surface area contributed by atoms with Crippen LogP contribution in [-0.2, 0) is 0 Å². The summed E-state index contributed by atoms with van der Waals surface area (Å²) < 4.78 is 0. The van der Waals surface area contributed by atoms with Gasteiger partial charge in [-0.2, -0.15) is 0 Å². The predicted molar refractivity (Wildman–Crippen MR) is 80.1 cm³/mol. The Morgan fingerprint density at radius 3 is 2.28 bits per heavy atom. The highest BCUT2D eigenvalue weighted by atomic mass is 15.1. The molecule has 0 aliphatic rings. The fraction of sp³-hybridized carbons (Fsp3) is 0.625. The highest BCUT2D eigenvalue weighted by Crippen LogP contribution is 2.17. The molecular weight excluding hydrogens is 220 g/mol. The van der Waals surface area contributed by atoms with Crippen LogP contribution in [0.2, 0.25) is 0 Å². The number of nitrogens with zero attached hydrogens (tertiary/aromatic N) is 1. The van der Waals surface area contributed by atoms with Crippen molar-refractivity contribution in [1.82, 2.24) is 10.2 Å². The molecule has 0 amide bonds. The topological polar surface area (TPSA) is 15.3 Å². The molecule has 1 aromatic carbocycles. The lowest BCUT2D eigenvalue weighted by molar-refractivity contribution is 0.292.